The number of likely N-dealkylation sites (tertiary alicyclic amines) is 1. The first-order valence-corrected chi connectivity index (χ1v) is 9.23. The molecule has 0 saturated carbocycles. The maximum atomic E-state index is 12.6. The predicted molar refractivity (Wildman–Crippen MR) is 81.0 cm³/mol. The van der Waals surface area contributed by atoms with Crippen LogP contribution in [0.15, 0.2) is 10.3 Å². The number of piperidine rings is 1. The minimum absolute atomic E-state index is 0.0294. The van der Waals surface area contributed by atoms with Gasteiger partial charge in [0, 0.05) is 19.7 Å². The molecule has 1 aromatic rings. The topological polar surface area (TPSA) is 89.7 Å². The van der Waals surface area contributed by atoms with Crippen LogP contribution in [0.5, 0.6) is 0 Å². The first kappa shape index (κ1) is 16.4. The number of nitrogens with two attached hydrogens (primary N) is 1. The summed E-state index contributed by atoms with van der Waals surface area (Å²) in [5.41, 5.74) is 0.646. The van der Waals surface area contributed by atoms with Crippen LogP contribution in [-0.2, 0) is 14.8 Å². The van der Waals surface area contributed by atoms with E-state index in [9.17, 15) is 13.2 Å². The molecule has 0 bridgehead atoms. The van der Waals surface area contributed by atoms with Crippen LogP contribution in [-0.4, -0.2) is 45.0 Å². The number of primary sulfonamides is 1. The molecule has 0 spiro atoms. The van der Waals surface area contributed by atoms with E-state index in [2.05, 4.69) is 0 Å². The lowest BCUT2D eigenvalue weighted by Gasteiger charge is -2.32. The normalized spacial score (nSPS) is 19.8. The molecule has 1 aliphatic heterocycles. The summed E-state index contributed by atoms with van der Waals surface area (Å²) in [5, 5.41) is 5.12. The van der Waals surface area contributed by atoms with E-state index in [4.69, 9.17) is 9.88 Å². The second-order valence-electron chi connectivity index (χ2n) is 5.09. The third kappa shape index (κ3) is 3.82. The van der Waals surface area contributed by atoms with Crippen LogP contribution >= 0.6 is 11.3 Å². The highest BCUT2D eigenvalue weighted by atomic mass is 32.2. The number of hydrogen-bond donors (Lipinski definition) is 1. The van der Waals surface area contributed by atoms with Gasteiger partial charge in [-0.2, -0.15) is 0 Å². The Morgan fingerprint density at radius 3 is 2.86 bits per heavy atom. The van der Waals surface area contributed by atoms with Gasteiger partial charge in [-0.1, -0.05) is 0 Å². The molecule has 21 heavy (non-hydrogen) atoms. The summed E-state index contributed by atoms with van der Waals surface area (Å²) in [7, 11) is -3.77. The molecule has 1 atom stereocenters. The van der Waals surface area contributed by atoms with Crippen LogP contribution in [0, 0.1) is 6.92 Å². The van der Waals surface area contributed by atoms with Crippen molar-refractivity contribution < 1.29 is 17.9 Å². The lowest BCUT2D eigenvalue weighted by molar-refractivity contribution is 0.00739. The van der Waals surface area contributed by atoms with Crippen LogP contribution in [0.1, 0.15) is 35.0 Å². The summed E-state index contributed by atoms with van der Waals surface area (Å²) in [4.78, 5) is 14.7. The molecule has 1 aliphatic rings. The van der Waals surface area contributed by atoms with Crippen LogP contribution < -0.4 is 5.14 Å². The van der Waals surface area contributed by atoms with Crippen molar-refractivity contribution in [2.75, 3.05) is 19.7 Å². The van der Waals surface area contributed by atoms with Crippen molar-refractivity contribution in [1.82, 2.24) is 4.90 Å². The largest absolute Gasteiger partial charge is 0.377 e. The molecule has 1 amide bonds. The molecule has 1 fully saturated rings. The molecule has 8 heteroatoms. The number of carbonyl (C=O) groups excluding carboxylic acids is 1. The third-order valence-corrected chi connectivity index (χ3v) is 6.08. The Hall–Kier alpha value is -0.960. The molecule has 1 aromatic heterocycles. The lowest BCUT2D eigenvalue weighted by atomic mass is 10.1. The standard InChI is InChI=1S/C13H20N2O4S2/c1-3-19-10-5-4-6-15(8-10)13(16)12-9(2)7-11(20-12)21(14,17)18/h7,10H,3-6,8H2,1-2H3,(H2,14,17,18). The summed E-state index contributed by atoms with van der Waals surface area (Å²) in [6, 6.07) is 1.46. The van der Waals surface area contributed by atoms with Crippen LogP contribution in [0.3, 0.4) is 0 Å². The number of sulfonamides is 1. The Kier molecular flexibility index (Phi) is 5.03. The van der Waals surface area contributed by atoms with Gasteiger partial charge < -0.3 is 9.64 Å². The molecular weight excluding hydrogens is 312 g/mol. The van der Waals surface area contributed by atoms with E-state index >= 15 is 0 Å². The summed E-state index contributed by atoms with van der Waals surface area (Å²) < 4.78 is 28.4. The highest BCUT2D eigenvalue weighted by Crippen LogP contribution is 2.27. The van der Waals surface area contributed by atoms with Gasteiger partial charge in [-0.25, -0.2) is 13.6 Å². The number of rotatable bonds is 4. The zero-order valence-corrected chi connectivity index (χ0v) is 13.8. The number of amides is 1. The van der Waals surface area contributed by atoms with Gasteiger partial charge in [-0.15, -0.1) is 11.3 Å². The molecule has 0 radical (unpaired) electrons. The number of nitrogens with zero attached hydrogens (tertiary/aromatic N) is 1. The first-order chi connectivity index (χ1) is 9.82. The molecule has 2 rings (SSSR count). The van der Waals surface area contributed by atoms with Crippen molar-refractivity contribution in [3.05, 3.63) is 16.5 Å². The van der Waals surface area contributed by atoms with Crippen molar-refractivity contribution in [1.29, 1.82) is 0 Å². The fourth-order valence-corrected chi connectivity index (χ4v) is 4.37. The molecule has 2 heterocycles. The van der Waals surface area contributed by atoms with E-state index in [0.29, 0.717) is 30.1 Å². The van der Waals surface area contributed by atoms with Gasteiger partial charge >= 0.3 is 0 Å². The smallest absolute Gasteiger partial charge is 0.264 e. The summed E-state index contributed by atoms with van der Waals surface area (Å²) >= 11 is 0.938. The fourth-order valence-electron chi connectivity index (χ4n) is 2.44. The van der Waals surface area contributed by atoms with Gasteiger partial charge in [0.25, 0.3) is 5.91 Å². The minimum atomic E-state index is -3.77. The number of ether oxygens (including phenoxy) is 1. The van der Waals surface area contributed by atoms with Crippen molar-refractivity contribution >= 4 is 27.3 Å². The number of aryl methyl sites for hydroxylation is 1. The second-order valence-corrected chi connectivity index (χ2v) is 7.93. The molecular formula is C13H20N2O4S2. The molecule has 118 valence electrons. The second kappa shape index (κ2) is 6.43. The van der Waals surface area contributed by atoms with Crippen LogP contribution in [0.4, 0.5) is 0 Å². The summed E-state index contributed by atoms with van der Waals surface area (Å²) in [6.07, 6.45) is 1.90. The molecule has 0 aliphatic carbocycles. The Morgan fingerprint density at radius 1 is 1.57 bits per heavy atom. The molecule has 1 unspecified atom stereocenters. The van der Waals surface area contributed by atoms with E-state index in [0.717, 1.165) is 24.2 Å². The highest BCUT2D eigenvalue weighted by Gasteiger charge is 2.27. The molecule has 6 nitrogen and oxygen atoms in total. The maximum Gasteiger partial charge on any atom is 0.264 e. The average molecular weight is 332 g/mol. The van der Waals surface area contributed by atoms with E-state index in [1.165, 1.54) is 6.07 Å². The van der Waals surface area contributed by atoms with Gasteiger partial charge in [-0.05, 0) is 38.3 Å². The Balaban J connectivity index is 2.18. The number of carbonyl (C=O) groups is 1. The van der Waals surface area contributed by atoms with Crippen LogP contribution in [0.2, 0.25) is 0 Å². The van der Waals surface area contributed by atoms with Crippen LogP contribution in [0.25, 0.3) is 0 Å². The van der Waals surface area contributed by atoms with Crippen molar-refractivity contribution in [3.8, 4) is 0 Å². The maximum absolute atomic E-state index is 12.6. The van der Waals surface area contributed by atoms with E-state index in [1.54, 1.807) is 11.8 Å². The number of thiophene rings is 1. The van der Waals surface area contributed by atoms with Gasteiger partial charge in [0.05, 0.1) is 11.0 Å². The first-order valence-electron chi connectivity index (χ1n) is 6.87. The van der Waals surface area contributed by atoms with Crippen molar-refractivity contribution in [2.45, 2.75) is 37.0 Å². The SMILES string of the molecule is CCOC1CCCN(C(=O)c2sc(S(N)(=O)=O)cc2C)C1. The van der Waals surface area contributed by atoms with Gasteiger partial charge in [0.15, 0.2) is 0 Å². The van der Waals surface area contributed by atoms with Gasteiger partial charge in [-0.3, -0.25) is 4.79 Å². The molecule has 0 aromatic carbocycles. The van der Waals surface area contributed by atoms with E-state index in [-0.39, 0.29) is 16.2 Å². The summed E-state index contributed by atoms with van der Waals surface area (Å²) in [6.45, 7) is 5.50. The average Bonchev–Trinajstić information content (AvgIpc) is 2.81. The number of hydrogen-bond acceptors (Lipinski definition) is 5. The van der Waals surface area contributed by atoms with Gasteiger partial charge in [0.1, 0.15) is 4.21 Å². The molecule has 1 saturated heterocycles. The van der Waals surface area contributed by atoms with Crippen molar-refractivity contribution in [3.63, 3.8) is 0 Å². The highest BCUT2D eigenvalue weighted by molar-refractivity contribution is 7.91. The Labute approximate surface area is 128 Å². The van der Waals surface area contributed by atoms with E-state index < -0.39 is 10.0 Å². The van der Waals surface area contributed by atoms with E-state index in [1.807, 2.05) is 6.92 Å². The monoisotopic (exact) mass is 332 g/mol. The zero-order valence-electron chi connectivity index (χ0n) is 12.2. The predicted octanol–water partition coefficient (Wildman–Crippen LogP) is 1.35. The third-order valence-electron chi connectivity index (χ3n) is 3.44. The lowest BCUT2D eigenvalue weighted by Crippen LogP contribution is -2.43. The summed E-state index contributed by atoms with van der Waals surface area (Å²) in [5.74, 6) is -0.142. The molecule has 2 N–H and O–H groups in total. The van der Waals surface area contributed by atoms with Gasteiger partial charge in [0.2, 0.25) is 10.0 Å². The fraction of sp³-hybridized carbons (Fsp3) is 0.615. The van der Waals surface area contributed by atoms with Crippen molar-refractivity contribution in [2.24, 2.45) is 5.14 Å². The quantitative estimate of drug-likeness (QED) is 0.901. The Morgan fingerprint density at radius 2 is 2.29 bits per heavy atom. The zero-order chi connectivity index (χ0) is 15.6. The minimum Gasteiger partial charge on any atom is -0.377 e. The Bertz CT molecular complexity index is 622.